The smallest absolute Gasteiger partial charge is 0.173 e. The monoisotopic (exact) mass is 252 g/mol. The molecule has 1 heterocycles. The molecule has 3 N–H and O–H groups in total. The van der Waals surface area contributed by atoms with Crippen LogP contribution in [0.3, 0.4) is 0 Å². The van der Waals surface area contributed by atoms with E-state index in [9.17, 15) is 5.11 Å². The van der Waals surface area contributed by atoms with Crippen molar-refractivity contribution < 1.29 is 9.63 Å². The van der Waals surface area contributed by atoms with Crippen LogP contribution in [0.4, 0.5) is 5.82 Å². The second-order valence-corrected chi connectivity index (χ2v) is 4.41. The van der Waals surface area contributed by atoms with Crippen LogP contribution in [0.1, 0.15) is 16.7 Å². The van der Waals surface area contributed by atoms with Gasteiger partial charge in [-0.15, -0.1) is 0 Å². The van der Waals surface area contributed by atoms with Crippen molar-refractivity contribution in [1.29, 1.82) is 0 Å². The molecule has 0 radical (unpaired) electrons. The van der Waals surface area contributed by atoms with E-state index in [1.54, 1.807) is 13.0 Å². The van der Waals surface area contributed by atoms with Gasteiger partial charge in [0, 0.05) is 11.1 Å². The molecule has 0 atom stereocenters. The zero-order valence-corrected chi connectivity index (χ0v) is 10.6. The summed E-state index contributed by atoms with van der Waals surface area (Å²) < 4.78 is 5.07. The summed E-state index contributed by atoms with van der Waals surface area (Å²) in [5.41, 5.74) is 8.39. The van der Waals surface area contributed by atoms with Crippen LogP contribution in [0, 0.1) is 20.8 Å². The first kappa shape index (κ1) is 11.8. The maximum absolute atomic E-state index is 10.2. The third-order valence-electron chi connectivity index (χ3n) is 2.96. The molecule has 0 aliphatic heterocycles. The lowest BCUT2D eigenvalue weighted by Crippen LogP contribution is -1.92. The first-order valence-corrected chi connectivity index (χ1v) is 5.52. The Hall–Kier alpha value is -1.68. The van der Waals surface area contributed by atoms with Gasteiger partial charge in [0.1, 0.15) is 5.75 Å². The van der Waals surface area contributed by atoms with Crippen molar-refractivity contribution in [3.8, 4) is 17.1 Å². The van der Waals surface area contributed by atoms with Gasteiger partial charge in [-0.2, -0.15) is 0 Å². The number of hydrogen-bond acceptors (Lipinski definition) is 4. The summed E-state index contributed by atoms with van der Waals surface area (Å²) in [4.78, 5) is 0. The Morgan fingerprint density at radius 2 is 1.88 bits per heavy atom. The van der Waals surface area contributed by atoms with E-state index >= 15 is 0 Å². The summed E-state index contributed by atoms with van der Waals surface area (Å²) in [6, 6.07) is 1.56. The Balaban J connectivity index is 2.78. The second kappa shape index (κ2) is 3.96. The highest BCUT2D eigenvalue weighted by atomic mass is 35.5. The summed E-state index contributed by atoms with van der Waals surface area (Å²) in [6.07, 6.45) is 0. The summed E-state index contributed by atoms with van der Waals surface area (Å²) in [7, 11) is 0. The number of phenols is 1. The molecule has 0 amide bonds. The highest BCUT2D eigenvalue weighted by Crippen LogP contribution is 2.41. The van der Waals surface area contributed by atoms with Crippen LogP contribution < -0.4 is 5.73 Å². The van der Waals surface area contributed by atoms with E-state index in [0.29, 0.717) is 16.3 Å². The summed E-state index contributed by atoms with van der Waals surface area (Å²) in [5.74, 6) is 0.844. The van der Waals surface area contributed by atoms with Gasteiger partial charge in [-0.3, -0.25) is 0 Å². The predicted octanol–water partition coefficient (Wildman–Crippen LogP) is 3.21. The normalized spacial score (nSPS) is 10.8. The summed E-state index contributed by atoms with van der Waals surface area (Å²) >= 11 is 6.21. The predicted molar refractivity (Wildman–Crippen MR) is 67.2 cm³/mol. The van der Waals surface area contributed by atoms with E-state index in [-0.39, 0.29) is 11.6 Å². The highest BCUT2D eigenvalue weighted by molar-refractivity contribution is 6.32. The van der Waals surface area contributed by atoms with Crippen molar-refractivity contribution in [3.63, 3.8) is 0 Å². The summed E-state index contributed by atoms with van der Waals surface area (Å²) in [6.45, 7) is 5.49. The molecule has 5 heteroatoms. The Kier molecular flexibility index (Phi) is 2.75. The third kappa shape index (κ3) is 1.74. The third-order valence-corrected chi connectivity index (χ3v) is 3.53. The number of aromatic hydroxyl groups is 1. The fraction of sp³-hybridized carbons (Fsp3) is 0.250. The van der Waals surface area contributed by atoms with Crippen LogP contribution in [0.15, 0.2) is 10.6 Å². The average Bonchev–Trinajstić information content (AvgIpc) is 2.71. The molecule has 0 spiro atoms. The Morgan fingerprint density at radius 3 is 2.41 bits per heavy atom. The number of rotatable bonds is 1. The fourth-order valence-electron chi connectivity index (χ4n) is 1.81. The molecule has 0 saturated carbocycles. The van der Waals surface area contributed by atoms with Gasteiger partial charge in [0.15, 0.2) is 11.6 Å². The number of nitrogens with zero attached hydrogens (tertiary/aromatic N) is 1. The minimum Gasteiger partial charge on any atom is -0.507 e. The van der Waals surface area contributed by atoms with Gasteiger partial charge in [-0.25, -0.2) is 0 Å². The SMILES string of the molecule is Cc1c(C)c(Cl)c(C)c(-c2cc(N)no2)c1O. The lowest BCUT2D eigenvalue weighted by Gasteiger charge is -2.13. The van der Waals surface area contributed by atoms with Crippen molar-refractivity contribution in [2.45, 2.75) is 20.8 Å². The molecule has 0 aliphatic rings. The number of aromatic nitrogens is 1. The zero-order chi connectivity index (χ0) is 12.7. The van der Waals surface area contributed by atoms with Gasteiger partial charge in [0.05, 0.1) is 5.56 Å². The van der Waals surface area contributed by atoms with Crippen molar-refractivity contribution in [1.82, 2.24) is 5.16 Å². The Labute approximate surface area is 104 Å². The van der Waals surface area contributed by atoms with Crippen molar-refractivity contribution >= 4 is 17.4 Å². The molecular formula is C12H13ClN2O2. The van der Waals surface area contributed by atoms with Crippen molar-refractivity contribution in [2.75, 3.05) is 5.73 Å². The number of anilines is 1. The maximum atomic E-state index is 10.2. The van der Waals surface area contributed by atoms with E-state index in [0.717, 1.165) is 16.7 Å². The molecule has 1 aromatic carbocycles. The van der Waals surface area contributed by atoms with Gasteiger partial charge in [0.25, 0.3) is 0 Å². The molecule has 17 heavy (non-hydrogen) atoms. The molecule has 0 unspecified atom stereocenters. The summed E-state index contributed by atoms with van der Waals surface area (Å²) in [5, 5.41) is 14.4. The Bertz CT molecular complexity index is 561. The second-order valence-electron chi connectivity index (χ2n) is 4.03. The van der Waals surface area contributed by atoms with E-state index in [2.05, 4.69) is 5.16 Å². The van der Waals surface area contributed by atoms with E-state index < -0.39 is 0 Å². The minimum atomic E-state index is 0.153. The molecule has 0 saturated heterocycles. The van der Waals surface area contributed by atoms with Crippen LogP contribution in [-0.4, -0.2) is 10.3 Å². The standard InChI is InChI=1S/C12H13ClN2O2/c1-5-6(2)12(16)10(7(3)11(5)13)8-4-9(14)15-17-8/h4,16H,1-3H3,(H2,14,15). The van der Waals surface area contributed by atoms with Crippen LogP contribution in [0.25, 0.3) is 11.3 Å². The first-order chi connectivity index (χ1) is 7.93. The molecule has 2 rings (SSSR count). The van der Waals surface area contributed by atoms with Crippen LogP contribution in [-0.2, 0) is 0 Å². The maximum Gasteiger partial charge on any atom is 0.173 e. The molecule has 0 aliphatic carbocycles. The van der Waals surface area contributed by atoms with Gasteiger partial charge in [-0.05, 0) is 37.5 Å². The molecule has 1 aromatic heterocycles. The molecule has 0 fully saturated rings. The molecular weight excluding hydrogens is 240 g/mol. The lowest BCUT2D eigenvalue weighted by atomic mass is 9.97. The largest absolute Gasteiger partial charge is 0.507 e. The number of nitrogens with two attached hydrogens (primary N) is 1. The van der Waals surface area contributed by atoms with Gasteiger partial charge < -0.3 is 15.4 Å². The van der Waals surface area contributed by atoms with Crippen LogP contribution >= 0.6 is 11.6 Å². The average molecular weight is 253 g/mol. The van der Waals surface area contributed by atoms with Gasteiger partial charge in [-0.1, -0.05) is 16.8 Å². The molecule has 90 valence electrons. The van der Waals surface area contributed by atoms with Crippen molar-refractivity contribution in [3.05, 3.63) is 27.8 Å². The Morgan fingerprint density at radius 1 is 1.24 bits per heavy atom. The van der Waals surface area contributed by atoms with Crippen molar-refractivity contribution in [2.24, 2.45) is 0 Å². The van der Waals surface area contributed by atoms with Crippen LogP contribution in [0.5, 0.6) is 5.75 Å². The topological polar surface area (TPSA) is 72.3 Å². The molecule has 4 nitrogen and oxygen atoms in total. The molecule has 0 bridgehead atoms. The highest BCUT2D eigenvalue weighted by Gasteiger charge is 2.19. The van der Waals surface area contributed by atoms with Gasteiger partial charge in [0.2, 0.25) is 0 Å². The van der Waals surface area contributed by atoms with Crippen LogP contribution in [0.2, 0.25) is 5.02 Å². The molecule has 2 aromatic rings. The van der Waals surface area contributed by atoms with Gasteiger partial charge >= 0.3 is 0 Å². The number of nitrogen functional groups attached to an aromatic ring is 1. The fourth-order valence-corrected chi connectivity index (χ4v) is 2.04. The first-order valence-electron chi connectivity index (χ1n) is 5.14. The van der Waals surface area contributed by atoms with E-state index in [1.165, 1.54) is 0 Å². The van der Waals surface area contributed by atoms with E-state index in [4.69, 9.17) is 21.9 Å². The van der Waals surface area contributed by atoms with E-state index in [1.807, 2.05) is 13.8 Å². The lowest BCUT2D eigenvalue weighted by molar-refractivity contribution is 0.428. The minimum absolute atomic E-state index is 0.153. The quantitative estimate of drug-likeness (QED) is 0.817. The number of phenolic OH excluding ortho intramolecular Hbond substituents is 1. The number of benzene rings is 1. The number of hydrogen-bond donors (Lipinski definition) is 2. The number of halogens is 1. The zero-order valence-electron chi connectivity index (χ0n) is 9.84.